The lowest BCUT2D eigenvalue weighted by Crippen LogP contribution is -2.07. The summed E-state index contributed by atoms with van der Waals surface area (Å²) in [5.74, 6) is 0.636. The van der Waals surface area contributed by atoms with E-state index in [4.69, 9.17) is 16.3 Å². The standard InChI is InChI=1S/C18H16ClNO2/c1-11(2)22-17-6-4-3-5-12(17)9-15-14-8-7-13(19)10-16(14)20-18(15)21/h3-11H,1-2H3,(H,20,21)/b15-9+. The molecule has 3 nitrogen and oxygen atoms in total. The molecule has 0 radical (unpaired) electrons. The van der Waals surface area contributed by atoms with E-state index >= 15 is 0 Å². The Balaban J connectivity index is 2.05. The van der Waals surface area contributed by atoms with Crippen molar-refractivity contribution in [1.82, 2.24) is 0 Å². The highest BCUT2D eigenvalue weighted by Gasteiger charge is 2.24. The molecule has 0 aromatic heterocycles. The molecule has 4 heteroatoms. The Morgan fingerprint density at radius 1 is 1.18 bits per heavy atom. The quantitative estimate of drug-likeness (QED) is 0.840. The van der Waals surface area contributed by atoms with Crippen LogP contribution in [0.25, 0.3) is 11.6 Å². The summed E-state index contributed by atoms with van der Waals surface area (Å²) in [7, 11) is 0. The van der Waals surface area contributed by atoms with Crippen LogP contribution in [0, 0.1) is 0 Å². The van der Waals surface area contributed by atoms with Gasteiger partial charge in [0.05, 0.1) is 11.8 Å². The molecule has 0 atom stereocenters. The summed E-state index contributed by atoms with van der Waals surface area (Å²) in [6.45, 7) is 3.95. The van der Waals surface area contributed by atoms with Crippen molar-refractivity contribution >= 4 is 34.8 Å². The van der Waals surface area contributed by atoms with Crippen molar-refractivity contribution < 1.29 is 9.53 Å². The molecule has 0 bridgehead atoms. The molecule has 0 saturated carbocycles. The fraction of sp³-hybridized carbons (Fsp3) is 0.167. The summed E-state index contributed by atoms with van der Waals surface area (Å²) in [5.41, 5.74) is 3.09. The highest BCUT2D eigenvalue weighted by Crippen LogP contribution is 2.36. The van der Waals surface area contributed by atoms with Crippen LogP contribution in [0.15, 0.2) is 42.5 Å². The van der Waals surface area contributed by atoms with Crippen molar-refractivity contribution in [3.63, 3.8) is 0 Å². The maximum atomic E-state index is 12.2. The van der Waals surface area contributed by atoms with Crippen LogP contribution >= 0.6 is 11.6 Å². The summed E-state index contributed by atoms with van der Waals surface area (Å²) in [6.07, 6.45) is 1.93. The zero-order valence-electron chi connectivity index (χ0n) is 12.4. The zero-order valence-corrected chi connectivity index (χ0v) is 13.1. The van der Waals surface area contributed by atoms with Crippen LogP contribution < -0.4 is 10.1 Å². The van der Waals surface area contributed by atoms with E-state index in [9.17, 15) is 4.79 Å². The van der Waals surface area contributed by atoms with Crippen LogP contribution in [0.2, 0.25) is 5.02 Å². The Kier molecular flexibility index (Phi) is 3.90. The fourth-order valence-electron chi connectivity index (χ4n) is 2.43. The van der Waals surface area contributed by atoms with E-state index in [2.05, 4.69) is 5.32 Å². The minimum Gasteiger partial charge on any atom is -0.490 e. The van der Waals surface area contributed by atoms with Gasteiger partial charge in [-0.25, -0.2) is 0 Å². The number of amides is 1. The molecule has 1 aliphatic rings. The number of nitrogens with one attached hydrogen (secondary N) is 1. The molecule has 1 N–H and O–H groups in total. The Labute approximate surface area is 134 Å². The van der Waals surface area contributed by atoms with E-state index in [0.29, 0.717) is 10.6 Å². The minimum atomic E-state index is -0.128. The van der Waals surface area contributed by atoms with Gasteiger partial charge in [0.1, 0.15) is 5.75 Å². The summed E-state index contributed by atoms with van der Waals surface area (Å²) in [6, 6.07) is 13.1. The van der Waals surface area contributed by atoms with Gasteiger partial charge >= 0.3 is 0 Å². The second kappa shape index (κ2) is 5.85. The van der Waals surface area contributed by atoms with Gasteiger partial charge in [-0.3, -0.25) is 4.79 Å². The number of fused-ring (bicyclic) bond motifs is 1. The largest absolute Gasteiger partial charge is 0.490 e. The third-order valence-electron chi connectivity index (χ3n) is 3.35. The van der Waals surface area contributed by atoms with Gasteiger partial charge in [-0.05, 0) is 38.1 Å². The summed E-state index contributed by atoms with van der Waals surface area (Å²) < 4.78 is 5.80. The van der Waals surface area contributed by atoms with Crippen molar-refractivity contribution in [3.8, 4) is 5.75 Å². The molecule has 112 valence electrons. The van der Waals surface area contributed by atoms with Gasteiger partial charge in [-0.1, -0.05) is 35.9 Å². The average molecular weight is 314 g/mol. The van der Waals surface area contributed by atoms with Gasteiger partial charge in [0, 0.05) is 21.7 Å². The first-order chi connectivity index (χ1) is 10.5. The lowest BCUT2D eigenvalue weighted by Gasteiger charge is -2.12. The first kappa shape index (κ1) is 14.7. The van der Waals surface area contributed by atoms with Crippen LogP contribution in [-0.4, -0.2) is 12.0 Å². The number of anilines is 1. The number of hydrogen-bond acceptors (Lipinski definition) is 2. The molecule has 0 unspecified atom stereocenters. The first-order valence-corrected chi connectivity index (χ1v) is 7.51. The van der Waals surface area contributed by atoms with E-state index in [1.807, 2.05) is 50.3 Å². The van der Waals surface area contributed by atoms with Gasteiger partial charge in [0.2, 0.25) is 0 Å². The average Bonchev–Trinajstić information content (AvgIpc) is 2.75. The summed E-state index contributed by atoms with van der Waals surface area (Å²) >= 11 is 5.97. The third-order valence-corrected chi connectivity index (χ3v) is 3.58. The Hall–Kier alpha value is -2.26. The highest BCUT2D eigenvalue weighted by atomic mass is 35.5. The molecule has 1 aliphatic heterocycles. The summed E-state index contributed by atoms with van der Waals surface area (Å²) in [5, 5.41) is 3.44. The molecular weight excluding hydrogens is 298 g/mol. The Morgan fingerprint density at radius 2 is 1.95 bits per heavy atom. The molecular formula is C18H16ClNO2. The van der Waals surface area contributed by atoms with Crippen LogP contribution in [0.3, 0.4) is 0 Å². The van der Waals surface area contributed by atoms with Crippen molar-refractivity contribution in [2.24, 2.45) is 0 Å². The van der Waals surface area contributed by atoms with E-state index in [1.165, 1.54) is 0 Å². The molecule has 2 aromatic rings. The van der Waals surface area contributed by atoms with Crippen LogP contribution in [0.5, 0.6) is 5.75 Å². The third kappa shape index (κ3) is 2.85. The van der Waals surface area contributed by atoms with Crippen molar-refractivity contribution in [2.45, 2.75) is 20.0 Å². The number of carbonyl (C=O) groups excluding carboxylic acids is 1. The first-order valence-electron chi connectivity index (χ1n) is 7.13. The van der Waals surface area contributed by atoms with Gasteiger partial charge in [0.15, 0.2) is 0 Å². The number of carbonyl (C=O) groups is 1. The van der Waals surface area contributed by atoms with Crippen LogP contribution in [0.1, 0.15) is 25.0 Å². The van der Waals surface area contributed by atoms with Crippen molar-refractivity contribution in [1.29, 1.82) is 0 Å². The van der Waals surface area contributed by atoms with Gasteiger partial charge < -0.3 is 10.1 Å². The van der Waals surface area contributed by atoms with Gasteiger partial charge in [-0.15, -0.1) is 0 Å². The lowest BCUT2D eigenvalue weighted by atomic mass is 10.0. The Bertz CT molecular complexity index is 765. The number of ether oxygens (including phenoxy) is 1. The smallest absolute Gasteiger partial charge is 0.256 e. The molecule has 1 amide bonds. The predicted octanol–water partition coefficient (Wildman–Crippen LogP) is 4.62. The maximum Gasteiger partial charge on any atom is 0.256 e. The van der Waals surface area contributed by atoms with Gasteiger partial charge in [-0.2, -0.15) is 0 Å². The normalized spacial score (nSPS) is 15.1. The second-order valence-electron chi connectivity index (χ2n) is 5.41. The SMILES string of the molecule is CC(C)Oc1ccccc1/C=C1/C(=O)Nc2cc(Cl)ccc21. The molecule has 3 rings (SSSR count). The maximum absolute atomic E-state index is 12.2. The number of rotatable bonds is 3. The van der Waals surface area contributed by atoms with E-state index < -0.39 is 0 Å². The van der Waals surface area contributed by atoms with Crippen molar-refractivity contribution in [2.75, 3.05) is 5.32 Å². The molecule has 0 fully saturated rings. The van der Waals surface area contributed by atoms with Crippen LogP contribution in [0.4, 0.5) is 5.69 Å². The molecule has 2 aromatic carbocycles. The van der Waals surface area contributed by atoms with Crippen molar-refractivity contribution in [3.05, 3.63) is 58.6 Å². The number of halogens is 1. The monoisotopic (exact) mass is 313 g/mol. The van der Waals surface area contributed by atoms with Crippen LogP contribution in [-0.2, 0) is 4.79 Å². The number of benzene rings is 2. The molecule has 0 saturated heterocycles. The number of hydrogen-bond donors (Lipinski definition) is 1. The Morgan fingerprint density at radius 3 is 2.73 bits per heavy atom. The minimum absolute atomic E-state index is 0.0723. The molecule has 0 spiro atoms. The van der Waals surface area contributed by atoms with Gasteiger partial charge in [0.25, 0.3) is 5.91 Å². The van der Waals surface area contributed by atoms with E-state index in [1.54, 1.807) is 12.1 Å². The number of para-hydroxylation sites is 1. The molecule has 22 heavy (non-hydrogen) atoms. The lowest BCUT2D eigenvalue weighted by molar-refractivity contribution is -0.110. The second-order valence-corrected chi connectivity index (χ2v) is 5.84. The van der Waals surface area contributed by atoms with E-state index in [-0.39, 0.29) is 12.0 Å². The molecule has 0 aliphatic carbocycles. The zero-order chi connectivity index (χ0) is 15.7. The fourth-order valence-corrected chi connectivity index (χ4v) is 2.60. The van der Waals surface area contributed by atoms with E-state index in [0.717, 1.165) is 22.6 Å². The highest BCUT2D eigenvalue weighted by molar-refractivity contribution is 6.36. The molecule has 1 heterocycles. The topological polar surface area (TPSA) is 38.3 Å². The summed E-state index contributed by atoms with van der Waals surface area (Å²) in [4.78, 5) is 12.2. The predicted molar refractivity (Wildman–Crippen MR) is 90.2 cm³/mol.